The third-order valence-corrected chi connectivity index (χ3v) is 3.52. The predicted octanol–water partition coefficient (Wildman–Crippen LogP) is 2.79. The average molecular weight is 252 g/mol. The van der Waals surface area contributed by atoms with E-state index in [-0.39, 0.29) is 11.9 Å². The van der Waals surface area contributed by atoms with E-state index >= 15 is 0 Å². The van der Waals surface area contributed by atoms with Gasteiger partial charge in [0.2, 0.25) is 0 Å². The van der Waals surface area contributed by atoms with Crippen LogP contribution in [-0.2, 0) is 6.42 Å². The topological polar surface area (TPSA) is 43.8 Å². The van der Waals surface area contributed by atoms with Crippen molar-refractivity contribution in [3.8, 4) is 0 Å². The highest BCUT2D eigenvalue weighted by Gasteiger charge is 2.26. The number of nitrogens with zero attached hydrogens (tertiary/aromatic N) is 2. The average Bonchev–Trinajstić information content (AvgIpc) is 2.84. The zero-order valence-electron chi connectivity index (χ0n) is 9.03. The van der Waals surface area contributed by atoms with Crippen molar-refractivity contribution in [2.45, 2.75) is 18.9 Å². The predicted molar refractivity (Wildman–Crippen MR) is 64.5 cm³/mol. The molecule has 1 atom stereocenters. The molecule has 1 unspecified atom stereocenters. The molecule has 1 aromatic heterocycles. The molecule has 0 aliphatic heterocycles. The number of hydrogen-bond acceptors (Lipinski definition) is 2. The lowest BCUT2D eigenvalue weighted by Crippen LogP contribution is -2.11. The van der Waals surface area contributed by atoms with Crippen LogP contribution >= 0.6 is 11.6 Å². The van der Waals surface area contributed by atoms with E-state index in [1.807, 2.05) is 0 Å². The second-order valence-corrected chi connectivity index (χ2v) is 4.63. The lowest BCUT2D eigenvalue weighted by atomic mass is 10.1. The van der Waals surface area contributed by atoms with Crippen molar-refractivity contribution >= 4 is 17.4 Å². The van der Waals surface area contributed by atoms with Gasteiger partial charge in [0.05, 0.1) is 12.2 Å². The maximum absolute atomic E-state index is 13.1. The maximum Gasteiger partial charge on any atom is 0.141 e. The van der Waals surface area contributed by atoms with Gasteiger partial charge in [-0.05, 0) is 36.1 Å². The first kappa shape index (κ1) is 10.6. The fraction of sp³-hybridized carbons (Fsp3) is 0.250. The van der Waals surface area contributed by atoms with Gasteiger partial charge in [0.1, 0.15) is 16.7 Å². The monoisotopic (exact) mass is 251 g/mol. The molecule has 3 nitrogen and oxygen atoms in total. The summed E-state index contributed by atoms with van der Waals surface area (Å²) < 4.78 is 14.8. The molecular weight excluding hydrogens is 241 g/mol. The Morgan fingerprint density at radius 3 is 3.00 bits per heavy atom. The smallest absolute Gasteiger partial charge is 0.141 e. The van der Waals surface area contributed by atoms with Crippen LogP contribution in [0.4, 0.5) is 10.2 Å². The Bertz CT molecular complexity index is 579. The summed E-state index contributed by atoms with van der Waals surface area (Å²) in [5.74, 6) is 0.268. The van der Waals surface area contributed by atoms with Gasteiger partial charge in [0.25, 0.3) is 0 Å². The van der Waals surface area contributed by atoms with Crippen LogP contribution in [0.1, 0.15) is 23.6 Å². The molecule has 0 fully saturated rings. The van der Waals surface area contributed by atoms with Gasteiger partial charge >= 0.3 is 0 Å². The minimum atomic E-state index is -0.198. The Balaban J connectivity index is 2.07. The first-order valence-electron chi connectivity index (χ1n) is 5.43. The van der Waals surface area contributed by atoms with Crippen molar-refractivity contribution in [3.05, 3.63) is 46.4 Å². The Morgan fingerprint density at radius 2 is 2.29 bits per heavy atom. The van der Waals surface area contributed by atoms with Crippen LogP contribution in [-0.4, -0.2) is 9.78 Å². The highest BCUT2D eigenvalue weighted by molar-refractivity contribution is 6.32. The summed E-state index contributed by atoms with van der Waals surface area (Å²) >= 11 is 5.89. The van der Waals surface area contributed by atoms with Gasteiger partial charge in [0, 0.05) is 0 Å². The third kappa shape index (κ3) is 1.60. The number of benzene rings is 1. The molecular formula is C12H11ClFN3. The molecule has 1 aliphatic rings. The van der Waals surface area contributed by atoms with E-state index < -0.39 is 0 Å². The van der Waals surface area contributed by atoms with Crippen LogP contribution in [0.5, 0.6) is 0 Å². The summed E-state index contributed by atoms with van der Waals surface area (Å²) in [5.41, 5.74) is 7.97. The van der Waals surface area contributed by atoms with E-state index in [2.05, 4.69) is 5.10 Å². The lowest BCUT2D eigenvalue weighted by molar-refractivity contribution is 0.527. The highest BCUT2D eigenvalue weighted by Crippen LogP contribution is 2.36. The van der Waals surface area contributed by atoms with Crippen LogP contribution in [0.2, 0.25) is 5.02 Å². The van der Waals surface area contributed by atoms with E-state index in [0.29, 0.717) is 10.8 Å². The molecule has 3 rings (SSSR count). The minimum absolute atomic E-state index is 0.0677. The van der Waals surface area contributed by atoms with Crippen molar-refractivity contribution in [2.75, 3.05) is 5.73 Å². The molecule has 0 radical (unpaired) electrons. The van der Waals surface area contributed by atoms with E-state index in [1.54, 1.807) is 23.0 Å². The number of nitrogens with two attached hydrogens (primary N) is 1. The normalized spacial score (nSPS) is 18.4. The van der Waals surface area contributed by atoms with E-state index in [0.717, 1.165) is 24.0 Å². The molecule has 0 saturated carbocycles. The van der Waals surface area contributed by atoms with Crippen LogP contribution in [0, 0.1) is 5.82 Å². The number of aryl methyl sites for hydroxylation is 1. The number of aromatic nitrogens is 2. The summed E-state index contributed by atoms with van der Waals surface area (Å²) in [6.07, 6.45) is 3.26. The first-order chi connectivity index (χ1) is 8.16. The zero-order chi connectivity index (χ0) is 12.0. The zero-order valence-corrected chi connectivity index (χ0v) is 9.78. The molecule has 1 aromatic carbocycles. The molecule has 1 aliphatic carbocycles. The fourth-order valence-corrected chi connectivity index (χ4v) is 2.55. The highest BCUT2D eigenvalue weighted by atomic mass is 35.5. The van der Waals surface area contributed by atoms with Crippen molar-refractivity contribution < 1.29 is 4.39 Å². The van der Waals surface area contributed by atoms with Crippen LogP contribution < -0.4 is 5.73 Å². The summed E-state index contributed by atoms with van der Waals surface area (Å²) in [6.45, 7) is 0. The minimum Gasteiger partial charge on any atom is -0.383 e. The number of fused-ring (bicyclic) bond motifs is 1. The van der Waals surface area contributed by atoms with Gasteiger partial charge < -0.3 is 5.73 Å². The van der Waals surface area contributed by atoms with Crippen molar-refractivity contribution in [2.24, 2.45) is 0 Å². The van der Waals surface area contributed by atoms with Gasteiger partial charge in [0.15, 0.2) is 0 Å². The summed E-state index contributed by atoms with van der Waals surface area (Å²) in [6, 6.07) is 4.92. The molecule has 0 amide bonds. The van der Waals surface area contributed by atoms with Gasteiger partial charge in [-0.2, -0.15) is 5.10 Å². The molecule has 88 valence electrons. The first-order valence-corrected chi connectivity index (χ1v) is 5.81. The third-order valence-electron chi connectivity index (χ3n) is 3.23. The molecule has 2 N–H and O–H groups in total. The molecule has 5 heteroatoms. The number of anilines is 1. The Kier molecular flexibility index (Phi) is 2.33. The molecule has 2 aromatic rings. The second-order valence-electron chi connectivity index (χ2n) is 4.22. The Hall–Kier alpha value is -1.55. The number of nitrogen functional groups attached to an aromatic ring is 1. The number of halogens is 2. The van der Waals surface area contributed by atoms with E-state index in [4.69, 9.17) is 17.3 Å². The summed E-state index contributed by atoms with van der Waals surface area (Å²) in [7, 11) is 0. The molecule has 0 bridgehead atoms. The molecule has 17 heavy (non-hydrogen) atoms. The SMILES string of the molecule is Nc1c(Cl)cnn1C1CCc2cc(F)ccc21. The van der Waals surface area contributed by atoms with E-state index in [1.165, 1.54) is 6.07 Å². The van der Waals surface area contributed by atoms with Crippen LogP contribution in [0.15, 0.2) is 24.4 Å². The quantitative estimate of drug-likeness (QED) is 0.847. The van der Waals surface area contributed by atoms with Gasteiger partial charge in [-0.25, -0.2) is 9.07 Å². The fourth-order valence-electron chi connectivity index (χ4n) is 2.42. The molecule has 0 saturated heterocycles. The molecule has 1 heterocycles. The number of rotatable bonds is 1. The van der Waals surface area contributed by atoms with Crippen molar-refractivity contribution in [1.29, 1.82) is 0 Å². The second kappa shape index (κ2) is 3.74. The maximum atomic E-state index is 13.1. The molecule has 0 spiro atoms. The lowest BCUT2D eigenvalue weighted by Gasteiger charge is -2.14. The Labute approximate surface area is 103 Å². The van der Waals surface area contributed by atoms with E-state index in [9.17, 15) is 4.39 Å². The van der Waals surface area contributed by atoms with Crippen molar-refractivity contribution in [3.63, 3.8) is 0 Å². The largest absolute Gasteiger partial charge is 0.383 e. The number of hydrogen-bond donors (Lipinski definition) is 1. The summed E-state index contributed by atoms with van der Waals surface area (Å²) in [5, 5.41) is 4.64. The standard InChI is InChI=1S/C12H11ClFN3/c13-10-6-16-17(12(10)15)11-4-1-7-5-8(14)2-3-9(7)11/h2-3,5-6,11H,1,4,15H2. The van der Waals surface area contributed by atoms with Crippen LogP contribution in [0.25, 0.3) is 0 Å². The van der Waals surface area contributed by atoms with Crippen LogP contribution in [0.3, 0.4) is 0 Å². The van der Waals surface area contributed by atoms with Crippen molar-refractivity contribution in [1.82, 2.24) is 9.78 Å². The Morgan fingerprint density at radius 1 is 1.47 bits per heavy atom. The van der Waals surface area contributed by atoms with Gasteiger partial charge in [-0.1, -0.05) is 17.7 Å². The van der Waals surface area contributed by atoms with Gasteiger partial charge in [-0.3, -0.25) is 0 Å². The van der Waals surface area contributed by atoms with Gasteiger partial charge in [-0.15, -0.1) is 0 Å². The summed E-state index contributed by atoms with van der Waals surface area (Å²) in [4.78, 5) is 0.